The first-order valence-corrected chi connectivity index (χ1v) is 6.10. The molecule has 1 fully saturated rings. The van der Waals surface area contributed by atoms with E-state index in [2.05, 4.69) is 31.4 Å². The van der Waals surface area contributed by atoms with Crippen LogP contribution in [-0.4, -0.2) is 25.0 Å². The first-order valence-electron chi connectivity index (χ1n) is 6.10. The van der Waals surface area contributed by atoms with Crippen molar-refractivity contribution in [1.29, 1.82) is 0 Å². The van der Waals surface area contributed by atoms with E-state index in [9.17, 15) is 4.79 Å². The Morgan fingerprint density at radius 1 is 1.47 bits per heavy atom. The fourth-order valence-corrected chi connectivity index (χ4v) is 1.85. The standard InChI is InChI=1S/C12H24N2O/c1-9(2)6-7-13-12(15)11-5-4-10(3)14-8-11/h9-11,14H,4-8H2,1-3H3,(H,13,15). The van der Waals surface area contributed by atoms with Crippen LogP contribution in [0.3, 0.4) is 0 Å². The molecule has 3 heteroatoms. The monoisotopic (exact) mass is 212 g/mol. The molecule has 1 aliphatic heterocycles. The molecule has 1 amide bonds. The second-order valence-electron chi connectivity index (χ2n) is 5.06. The predicted molar refractivity (Wildman–Crippen MR) is 62.7 cm³/mol. The van der Waals surface area contributed by atoms with Crippen LogP contribution in [0.5, 0.6) is 0 Å². The first-order chi connectivity index (χ1) is 7.09. The summed E-state index contributed by atoms with van der Waals surface area (Å²) in [4.78, 5) is 11.7. The third-order valence-corrected chi connectivity index (χ3v) is 3.05. The fraction of sp³-hybridized carbons (Fsp3) is 0.917. The molecule has 0 aromatic rings. The highest BCUT2D eigenvalue weighted by molar-refractivity contribution is 5.78. The maximum absolute atomic E-state index is 11.7. The van der Waals surface area contributed by atoms with E-state index in [0.29, 0.717) is 12.0 Å². The number of carbonyl (C=O) groups is 1. The Hall–Kier alpha value is -0.570. The summed E-state index contributed by atoms with van der Waals surface area (Å²) in [6.07, 6.45) is 3.21. The lowest BCUT2D eigenvalue weighted by atomic mass is 9.95. The highest BCUT2D eigenvalue weighted by Gasteiger charge is 2.23. The summed E-state index contributed by atoms with van der Waals surface area (Å²) in [6.45, 7) is 8.19. The summed E-state index contributed by atoms with van der Waals surface area (Å²) < 4.78 is 0. The second kappa shape index (κ2) is 6.11. The second-order valence-corrected chi connectivity index (χ2v) is 5.06. The van der Waals surface area contributed by atoms with Crippen molar-refractivity contribution in [1.82, 2.24) is 10.6 Å². The number of nitrogens with one attached hydrogen (secondary N) is 2. The van der Waals surface area contributed by atoms with E-state index < -0.39 is 0 Å². The zero-order valence-electron chi connectivity index (χ0n) is 10.2. The van der Waals surface area contributed by atoms with Crippen LogP contribution < -0.4 is 10.6 Å². The summed E-state index contributed by atoms with van der Waals surface area (Å²) in [5.41, 5.74) is 0. The van der Waals surface area contributed by atoms with Gasteiger partial charge in [0.2, 0.25) is 5.91 Å². The summed E-state index contributed by atoms with van der Waals surface area (Å²) in [5.74, 6) is 1.08. The predicted octanol–water partition coefficient (Wildman–Crippen LogP) is 1.54. The summed E-state index contributed by atoms with van der Waals surface area (Å²) >= 11 is 0. The lowest BCUT2D eigenvalue weighted by molar-refractivity contribution is -0.125. The Bertz CT molecular complexity index is 196. The molecule has 0 spiro atoms. The Morgan fingerprint density at radius 2 is 2.20 bits per heavy atom. The van der Waals surface area contributed by atoms with Crippen LogP contribution in [0.25, 0.3) is 0 Å². The fourth-order valence-electron chi connectivity index (χ4n) is 1.85. The van der Waals surface area contributed by atoms with E-state index >= 15 is 0 Å². The van der Waals surface area contributed by atoms with E-state index in [1.54, 1.807) is 0 Å². The molecule has 1 aliphatic rings. The van der Waals surface area contributed by atoms with Gasteiger partial charge in [-0.3, -0.25) is 4.79 Å². The first kappa shape index (κ1) is 12.5. The largest absolute Gasteiger partial charge is 0.356 e. The Balaban J connectivity index is 2.17. The van der Waals surface area contributed by atoms with Crippen molar-refractivity contribution in [2.45, 2.75) is 46.1 Å². The van der Waals surface area contributed by atoms with Gasteiger partial charge in [-0.2, -0.15) is 0 Å². The van der Waals surface area contributed by atoms with E-state index in [1.165, 1.54) is 0 Å². The molecular formula is C12H24N2O. The van der Waals surface area contributed by atoms with Crippen molar-refractivity contribution in [3.05, 3.63) is 0 Å². The molecule has 1 saturated heterocycles. The van der Waals surface area contributed by atoms with Crippen molar-refractivity contribution in [3.8, 4) is 0 Å². The molecule has 2 unspecified atom stereocenters. The maximum atomic E-state index is 11.7. The summed E-state index contributed by atoms with van der Waals surface area (Å²) in [5, 5.41) is 6.37. The molecular weight excluding hydrogens is 188 g/mol. The van der Waals surface area contributed by atoms with E-state index in [4.69, 9.17) is 0 Å². The van der Waals surface area contributed by atoms with Gasteiger partial charge in [-0.1, -0.05) is 13.8 Å². The molecule has 0 radical (unpaired) electrons. The zero-order chi connectivity index (χ0) is 11.3. The van der Waals surface area contributed by atoms with Gasteiger partial charge in [-0.05, 0) is 32.1 Å². The molecule has 1 rings (SSSR count). The molecule has 1 heterocycles. The highest BCUT2D eigenvalue weighted by Crippen LogP contribution is 2.14. The van der Waals surface area contributed by atoms with Gasteiger partial charge in [0.15, 0.2) is 0 Å². The molecule has 2 atom stereocenters. The lowest BCUT2D eigenvalue weighted by Gasteiger charge is -2.26. The highest BCUT2D eigenvalue weighted by atomic mass is 16.1. The van der Waals surface area contributed by atoms with Crippen molar-refractivity contribution in [2.75, 3.05) is 13.1 Å². The number of hydrogen-bond donors (Lipinski definition) is 2. The molecule has 88 valence electrons. The van der Waals surface area contributed by atoms with Crippen LogP contribution in [0.15, 0.2) is 0 Å². The molecule has 0 saturated carbocycles. The lowest BCUT2D eigenvalue weighted by Crippen LogP contribution is -2.44. The van der Waals surface area contributed by atoms with Gasteiger partial charge in [-0.15, -0.1) is 0 Å². The van der Waals surface area contributed by atoms with Crippen molar-refractivity contribution < 1.29 is 4.79 Å². The van der Waals surface area contributed by atoms with Crippen molar-refractivity contribution in [2.24, 2.45) is 11.8 Å². The Kier molecular flexibility index (Phi) is 5.09. The van der Waals surface area contributed by atoms with Crippen LogP contribution in [0, 0.1) is 11.8 Å². The third kappa shape index (κ3) is 4.65. The smallest absolute Gasteiger partial charge is 0.224 e. The van der Waals surface area contributed by atoms with Crippen LogP contribution >= 0.6 is 0 Å². The van der Waals surface area contributed by atoms with E-state index in [0.717, 1.165) is 32.4 Å². The summed E-state index contributed by atoms with van der Waals surface area (Å²) in [6, 6.07) is 0.574. The van der Waals surface area contributed by atoms with Crippen LogP contribution in [0.2, 0.25) is 0 Å². The summed E-state index contributed by atoms with van der Waals surface area (Å²) in [7, 11) is 0. The molecule has 15 heavy (non-hydrogen) atoms. The maximum Gasteiger partial charge on any atom is 0.224 e. The van der Waals surface area contributed by atoms with Crippen LogP contribution in [0.1, 0.15) is 40.0 Å². The van der Waals surface area contributed by atoms with E-state index in [-0.39, 0.29) is 11.8 Å². The SMILES string of the molecule is CC(C)CCNC(=O)C1CCC(C)NC1. The normalized spacial score (nSPS) is 26.7. The van der Waals surface area contributed by atoms with Gasteiger partial charge >= 0.3 is 0 Å². The molecule has 0 bridgehead atoms. The molecule has 3 nitrogen and oxygen atoms in total. The van der Waals surface area contributed by atoms with Crippen LogP contribution in [-0.2, 0) is 4.79 Å². The van der Waals surface area contributed by atoms with Gasteiger partial charge in [0.25, 0.3) is 0 Å². The minimum atomic E-state index is 0.188. The number of amides is 1. The number of piperidine rings is 1. The van der Waals surface area contributed by atoms with Gasteiger partial charge < -0.3 is 10.6 Å². The zero-order valence-corrected chi connectivity index (χ0v) is 10.2. The van der Waals surface area contributed by atoms with Gasteiger partial charge in [-0.25, -0.2) is 0 Å². The molecule has 0 aromatic carbocycles. The minimum absolute atomic E-state index is 0.188. The third-order valence-electron chi connectivity index (χ3n) is 3.05. The average Bonchev–Trinajstić information content (AvgIpc) is 2.18. The Morgan fingerprint density at radius 3 is 2.73 bits per heavy atom. The van der Waals surface area contributed by atoms with Gasteiger partial charge in [0, 0.05) is 19.1 Å². The van der Waals surface area contributed by atoms with E-state index in [1.807, 2.05) is 0 Å². The molecule has 0 aliphatic carbocycles. The van der Waals surface area contributed by atoms with Gasteiger partial charge in [0.05, 0.1) is 5.92 Å². The van der Waals surface area contributed by atoms with Crippen molar-refractivity contribution >= 4 is 5.91 Å². The number of rotatable bonds is 4. The average molecular weight is 212 g/mol. The number of hydrogen-bond acceptors (Lipinski definition) is 2. The van der Waals surface area contributed by atoms with Gasteiger partial charge in [0.1, 0.15) is 0 Å². The Labute approximate surface area is 93.0 Å². The van der Waals surface area contributed by atoms with Crippen LogP contribution in [0.4, 0.5) is 0 Å². The minimum Gasteiger partial charge on any atom is -0.356 e. The number of carbonyl (C=O) groups excluding carboxylic acids is 1. The van der Waals surface area contributed by atoms with Crippen molar-refractivity contribution in [3.63, 3.8) is 0 Å². The molecule has 2 N–H and O–H groups in total. The molecule has 0 aromatic heterocycles. The topological polar surface area (TPSA) is 41.1 Å². The quantitative estimate of drug-likeness (QED) is 0.742.